The Labute approximate surface area is 234 Å². The highest BCUT2D eigenvalue weighted by Gasteiger charge is 2.77. The average Bonchev–Trinajstić information content (AvgIpc) is 3.45. The van der Waals surface area contributed by atoms with Gasteiger partial charge >= 0.3 is 0 Å². The van der Waals surface area contributed by atoms with E-state index in [1.54, 1.807) is 23.9 Å². The van der Waals surface area contributed by atoms with Gasteiger partial charge in [-0.3, -0.25) is 14.4 Å². The molecule has 38 heavy (non-hydrogen) atoms. The number of unbranched alkanes of at least 4 members (excludes halogenated alkanes) is 2. The second-order valence-electron chi connectivity index (χ2n) is 11.5. The van der Waals surface area contributed by atoms with Crippen LogP contribution in [-0.2, 0) is 14.4 Å². The van der Waals surface area contributed by atoms with Crippen molar-refractivity contribution in [2.75, 3.05) is 32.8 Å². The van der Waals surface area contributed by atoms with Gasteiger partial charge in [-0.05, 0) is 58.8 Å². The molecule has 0 aromatic rings. The van der Waals surface area contributed by atoms with Gasteiger partial charge in [0.1, 0.15) is 6.04 Å². The number of hydrogen-bond donors (Lipinski definition) is 1. The van der Waals surface area contributed by atoms with Crippen molar-refractivity contribution in [1.82, 2.24) is 14.7 Å². The van der Waals surface area contributed by atoms with Gasteiger partial charge in [0.25, 0.3) is 0 Å². The molecular weight excluding hydrogens is 498 g/mol. The first kappa shape index (κ1) is 30.7. The van der Waals surface area contributed by atoms with Gasteiger partial charge in [0.05, 0.1) is 16.6 Å². The van der Waals surface area contributed by atoms with Gasteiger partial charge in [-0.15, -0.1) is 24.9 Å². The van der Waals surface area contributed by atoms with E-state index in [1.807, 2.05) is 14.7 Å². The van der Waals surface area contributed by atoms with Crippen LogP contribution in [0, 0.1) is 11.8 Å². The Bertz CT molecular complexity index is 897. The summed E-state index contributed by atoms with van der Waals surface area (Å²) in [5.41, 5.74) is 0. The van der Waals surface area contributed by atoms with Gasteiger partial charge in [0.15, 0.2) is 0 Å². The van der Waals surface area contributed by atoms with Crippen molar-refractivity contribution in [3.63, 3.8) is 0 Å². The molecule has 3 heterocycles. The van der Waals surface area contributed by atoms with E-state index in [2.05, 4.69) is 40.9 Å². The molecule has 1 spiro atoms. The molecule has 0 aromatic heterocycles. The second-order valence-corrected chi connectivity index (χ2v) is 13.4. The zero-order valence-electron chi connectivity index (χ0n) is 24.0. The fourth-order valence-electron chi connectivity index (χ4n) is 7.16. The van der Waals surface area contributed by atoms with Crippen LogP contribution >= 0.6 is 11.8 Å². The molecule has 0 saturated carbocycles. The van der Waals surface area contributed by atoms with E-state index in [4.69, 9.17) is 0 Å². The Morgan fingerprint density at radius 3 is 2.45 bits per heavy atom. The first-order valence-corrected chi connectivity index (χ1v) is 15.4. The first-order chi connectivity index (χ1) is 18.2. The van der Waals surface area contributed by atoms with Crippen LogP contribution in [0.25, 0.3) is 0 Å². The Balaban J connectivity index is 2.05. The van der Waals surface area contributed by atoms with Gasteiger partial charge in [-0.2, -0.15) is 0 Å². The number of thioether (sulfide) groups is 1. The Morgan fingerprint density at radius 1 is 1.13 bits per heavy atom. The molecule has 7 nitrogen and oxygen atoms in total. The fourth-order valence-corrected chi connectivity index (χ4v) is 9.51. The summed E-state index contributed by atoms with van der Waals surface area (Å²) in [4.78, 5) is 48.4. The van der Waals surface area contributed by atoms with E-state index in [0.717, 1.165) is 44.9 Å². The number of fused-ring (bicyclic) bond motifs is 1. The predicted molar refractivity (Wildman–Crippen MR) is 155 cm³/mol. The number of nitrogens with zero attached hydrogens (tertiary/aromatic N) is 3. The topological polar surface area (TPSA) is 81.2 Å². The van der Waals surface area contributed by atoms with Gasteiger partial charge in [0.2, 0.25) is 17.7 Å². The summed E-state index contributed by atoms with van der Waals surface area (Å²) < 4.78 is -0.970. The number of aliphatic hydroxyl groups excluding tert-OH is 1. The summed E-state index contributed by atoms with van der Waals surface area (Å²) in [6.45, 7) is 18.3. The molecule has 6 atom stereocenters. The zero-order valence-corrected chi connectivity index (χ0v) is 24.8. The molecule has 3 saturated heterocycles. The summed E-state index contributed by atoms with van der Waals surface area (Å²) in [6.07, 6.45) is 9.98. The predicted octanol–water partition coefficient (Wildman–Crippen LogP) is 4.26. The minimum absolute atomic E-state index is 0.00906. The molecule has 1 N–H and O–H groups in total. The van der Waals surface area contributed by atoms with Crippen LogP contribution in [-0.4, -0.2) is 91.9 Å². The van der Waals surface area contributed by atoms with E-state index >= 15 is 0 Å². The van der Waals surface area contributed by atoms with Gasteiger partial charge in [0, 0.05) is 43.6 Å². The maximum atomic E-state index is 14.5. The van der Waals surface area contributed by atoms with Crippen LogP contribution in [0.2, 0.25) is 0 Å². The maximum absolute atomic E-state index is 14.5. The number of hydrogen-bond acceptors (Lipinski definition) is 5. The Kier molecular flexibility index (Phi) is 10.5. The van der Waals surface area contributed by atoms with Gasteiger partial charge in [-0.25, -0.2) is 0 Å². The zero-order chi connectivity index (χ0) is 28.1. The lowest BCUT2D eigenvalue weighted by Gasteiger charge is -2.39. The molecule has 0 aromatic carbocycles. The summed E-state index contributed by atoms with van der Waals surface area (Å²) in [6, 6.07) is -0.548. The lowest BCUT2D eigenvalue weighted by atomic mass is 9.66. The number of amides is 3. The molecule has 3 rings (SSSR count). The van der Waals surface area contributed by atoms with Gasteiger partial charge in [-0.1, -0.05) is 32.4 Å². The van der Waals surface area contributed by atoms with Crippen molar-refractivity contribution in [2.45, 2.75) is 101 Å². The third kappa shape index (κ3) is 5.45. The van der Waals surface area contributed by atoms with E-state index in [1.165, 1.54) is 0 Å². The molecule has 3 unspecified atom stereocenters. The van der Waals surface area contributed by atoms with Crippen LogP contribution < -0.4 is 0 Å². The van der Waals surface area contributed by atoms with E-state index in [-0.39, 0.29) is 35.1 Å². The van der Waals surface area contributed by atoms with Crippen LogP contribution in [0.1, 0.15) is 79.1 Å². The van der Waals surface area contributed by atoms with E-state index in [0.29, 0.717) is 32.6 Å². The quantitative estimate of drug-likeness (QED) is 0.231. The number of carbonyl (C=O) groups excluding carboxylic acids is 3. The number of carbonyl (C=O) groups is 3. The van der Waals surface area contributed by atoms with Crippen LogP contribution in [0.15, 0.2) is 25.3 Å². The van der Waals surface area contributed by atoms with Crippen molar-refractivity contribution < 1.29 is 19.5 Å². The van der Waals surface area contributed by atoms with Crippen LogP contribution in [0.5, 0.6) is 0 Å². The van der Waals surface area contributed by atoms with Gasteiger partial charge < -0.3 is 19.8 Å². The smallest absolute Gasteiger partial charge is 0.247 e. The lowest BCUT2D eigenvalue weighted by Crippen LogP contribution is -2.56. The van der Waals surface area contributed by atoms with Crippen molar-refractivity contribution >= 4 is 29.5 Å². The molecule has 3 aliphatic heterocycles. The minimum atomic E-state index is -0.600. The summed E-state index contributed by atoms with van der Waals surface area (Å²) in [7, 11) is 0. The molecule has 0 radical (unpaired) electrons. The summed E-state index contributed by atoms with van der Waals surface area (Å²) in [5.74, 6) is -0.971. The molecule has 0 aliphatic carbocycles. The molecule has 3 aliphatic rings. The largest absolute Gasteiger partial charge is 0.396 e. The van der Waals surface area contributed by atoms with E-state index in [9.17, 15) is 19.5 Å². The van der Waals surface area contributed by atoms with Crippen LogP contribution in [0.3, 0.4) is 0 Å². The third-order valence-corrected chi connectivity index (χ3v) is 10.8. The molecule has 2 bridgehead atoms. The van der Waals surface area contributed by atoms with Crippen molar-refractivity contribution in [2.24, 2.45) is 11.8 Å². The van der Waals surface area contributed by atoms with Crippen LogP contribution in [0.4, 0.5) is 0 Å². The Morgan fingerprint density at radius 2 is 1.84 bits per heavy atom. The summed E-state index contributed by atoms with van der Waals surface area (Å²) >= 11 is 1.74. The standard InChI is InChI=1S/C30H49N3O4S/c1-7-14-22(5)32(19-10-4)28(37)25-30-16-15-29(6,38-30)23(26(35)31(17-8-2)18-9-3)24(30)27(36)33(25)20-12-11-13-21-34/h8,10,22-25,34H,2,4,7,9,11-21H2,1,3,5-6H3/t22?,23-,24+,25?,29+,30?/m1/s1. The molecule has 214 valence electrons. The van der Waals surface area contributed by atoms with Crippen molar-refractivity contribution in [3.05, 3.63) is 25.3 Å². The number of likely N-dealkylation sites (tertiary alicyclic amines) is 1. The van der Waals surface area contributed by atoms with Crippen molar-refractivity contribution in [1.29, 1.82) is 0 Å². The minimum Gasteiger partial charge on any atom is -0.396 e. The monoisotopic (exact) mass is 547 g/mol. The maximum Gasteiger partial charge on any atom is 0.247 e. The fraction of sp³-hybridized carbons (Fsp3) is 0.767. The molecular formula is C30H49N3O4S. The Hall–Kier alpha value is -1.80. The molecule has 8 heteroatoms. The number of aliphatic hydroxyl groups is 1. The highest BCUT2D eigenvalue weighted by molar-refractivity contribution is 8.02. The first-order valence-electron chi connectivity index (χ1n) is 14.6. The average molecular weight is 548 g/mol. The normalized spacial score (nSPS) is 30.3. The highest BCUT2D eigenvalue weighted by Crippen LogP contribution is 2.71. The molecule has 3 amide bonds. The lowest BCUT2D eigenvalue weighted by molar-refractivity contribution is -0.146. The summed E-state index contributed by atoms with van der Waals surface area (Å²) in [5, 5.41) is 9.27. The van der Waals surface area contributed by atoms with E-state index < -0.39 is 22.6 Å². The number of rotatable bonds is 16. The molecule has 3 fully saturated rings. The third-order valence-electron chi connectivity index (χ3n) is 8.84. The highest BCUT2D eigenvalue weighted by atomic mass is 32.2. The van der Waals surface area contributed by atoms with Crippen molar-refractivity contribution in [3.8, 4) is 0 Å². The SMILES string of the molecule is C=CCN(CCC)C(=O)[C@H]1[C@H]2C(=O)N(CCCCCO)C(C(=O)N(CC=C)C(C)CCC)C23CC[C@]1(C)S3. The second kappa shape index (κ2) is 13.0.